The highest BCUT2D eigenvalue weighted by atomic mass is 16.6. The van der Waals surface area contributed by atoms with Gasteiger partial charge in [0.25, 0.3) is 0 Å². The molecule has 2 rings (SSSR count). The highest BCUT2D eigenvalue weighted by molar-refractivity contribution is 5.67. The summed E-state index contributed by atoms with van der Waals surface area (Å²) in [7, 11) is 1.78. The topological polar surface area (TPSA) is 46.6 Å². The van der Waals surface area contributed by atoms with Crippen molar-refractivity contribution in [3.8, 4) is 0 Å². The maximum atomic E-state index is 11.9. The summed E-state index contributed by atoms with van der Waals surface area (Å²) in [6, 6.07) is 9.69. The Morgan fingerprint density at radius 1 is 1.23 bits per heavy atom. The molecular weight excluding hydrogens is 278 g/mol. The van der Waals surface area contributed by atoms with Crippen molar-refractivity contribution in [2.75, 3.05) is 13.6 Å². The molecule has 0 unspecified atom stereocenters. The lowest BCUT2D eigenvalue weighted by atomic mass is 9.81. The van der Waals surface area contributed by atoms with Crippen molar-refractivity contribution in [1.82, 2.24) is 4.90 Å². The zero-order valence-corrected chi connectivity index (χ0v) is 13.2. The van der Waals surface area contributed by atoms with Gasteiger partial charge in [-0.3, -0.25) is 0 Å². The van der Waals surface area contributed by atoms with Gasteiger partial charge in [-0.2, -0.15) is 0 Å². The normalized spacial score (nSPS) is 21.1. The first-order valence-corrected chi connectivity index (χ1v) is 8.06. The molecule has 0 heterocycles. The van der Waals surface area contributed by atoms with E-state index in [1.807, 2.05) is 30.3 Å². The molecule has 1 aromatic carbocycles. The van der Waals surface area contributed by atoms with Crippen molar-refractivity contribution in [2.24, 2.45) is 11.8 Å². The molecule has 1 aliphatic rings. The third-order valence-electron chi connectivity index (χ3n) is 4.47. The summed E-state index contributed by atoms with van der Waals surface area (Å²) in [6.07, 6.45) is 5.98. The van der Waals surface area contributed by atoms with E-state index in [0.29, 0.717) is 19.1 Å². The van der Waals surface area contributed by atoms with Crippen molar-refractivity contribution >= 4 is 12.4 Å². The molecule has 4 heteroatoms. The third kappa shape index (κ3) is 5.17. The van der Waals surface area contributed by atoms with Crippen LogP contribution in [0.15, 0.2) is 30.3 Å². The molecule has 4 nitrogen and oxygen atoms in total. The zero-order valence-electron chi connectivity index (χ0n) is 13.2. The van der Waals surface area contributed by atoms with Gasteiger partial charge in [-0.1, -0.05) is 30.3 Å². The first kappa shape index (κ1) is 16.5. The Morgan fingerprint density at radius 2 is 1.91 bits per heavy atom. The van der Waals surface area contributed by atoms with Crippen molar-refractivity contribution in [1.29, 1.82) is 0 Å². The molecular formula is C18H25NO3. The minimum atomic E-state index is -0.273. The van der Waals surface area contributed by atoms with Crippen LogP contribution in [0.25, 0.3) is 0 Å². The Balaban J connectivity index is 1.65. The van der Waals surface area contributed by atoms with Gasteiger partial charge >= 0.3 is 6.09 Å². The average molecular weight is 303 g/mol. The van der Waals surface area contributed by atoms with E-state index in [4.69, 9.17) is 4.74 Å². The molecule has 22 heavy (non-hydrogen) atoms. The van der Waals surface area contributed by atoms with Gasteiger partial charge in [-0.25, -0.2) is 4.79 Å². The van der Waals surface area contributed by atoms with E-state index in [9.17, 15) is 9.59 Å². The Hall–Kier alpha value is -1.84. The number of ether oxygens (including phenoxy) is 1. The Bertz CT molecular complexity index is 466. The minimum absolute atomic E-state index is 0.254. The van der Waals surface area contributed by atoms with Crippen LogP contribution in [0.2, 0.25) is 0 Å². The van der Waals surface area contributed by atoms with Crippen LogP contribution in [0, 0.1) is 11.8 Å². The second-order valence-corrected chi connectivity index (χ2v) is 6.17. The Morgan fingerprint density at radius 3 is 2.55 bits per heavy atom. The zero-order chi connectivity index (χ0) is 15.8. The Kier molecular flexibility index (Phi) is 6.44. The maximum Gasteiger partial charge on any atom is 0.409 e. The number of carbonyl (C=O) groups is 2. The minimum Gasteiger partial charge on any atom is -0.445 e. The van der Waals surface area contributed by atoms with Crippen LogP contribution < -0.4 is 0 Å². The summed E-state index contributed by atoms with van der Waals surface area (Å²) in [4.78, 5) is 24.3. The second kappa shape index (κ2) is 8.57. The second-order valence-electron chi connectivity index (χ2n) is 6.17. The summed E-state index contributed by atoms with van der Waals surface area (Å²) in [6.45, 7) is 1.03. The molecule has 0 bridgehead atoms. The first-order valence-electron chi connectivity index (χ1n) is 8.06. The predicted octanol–water partition coefficient (Wildman–Crippen LogP) is 3.65. The molecule has 1 aliphatic carbocycles. The van der Waals surface area contributed by atoms with E-state index in [-0.39, 0.29) is 12.0 Å². The van der Waals surface area contributed by atoms with Crippen LogP contribution in [-0.4, -0.2) is 30.9 Å². The van der Waals surface area contributed by atoms with Gasteiger partial charge in [-0.15, -0.1) is 0 Å². The largest absolute Gasteiger partial charge is 0.445 e. The number of amides is 1. The van der Waals surface area contributed by atoms with Crippen molar-refractivity contribution in [2.45, 2.75) is 38.7 Å². The van der Waals surface area contributed by atoms with Gasteiger partial charge in [0.05, 0.1) is 0 Å². The van der Waals surface area contributed by atoms with Crippen molar-refractivity contribution in [3.05, 3.63) is 35.9 Å². The quantitative estimate of drug-likeness (QED) is 0.754. The molecule has 1 fully saturated rings. The summed E-state index contributed by atoms with van der Waals surface area (Å²) >= 11 is 0. The number of nitrogens with zero attached hydrogens (tertiary/aromatic N) is 1. The lowest BCUT2D eigenvalue weighted by Crippen LogP contribution is -2.30. The van der Waals surface area contributed by atoms with Gasteiger partial charge in [0.2, 0.25) is 0 Å². The van der Waals surface area contributed by atoms with E-state index in [1.165, 1.54) is 0 Å². The van der Waals surface area contributed by atoms with Crippen LogP contribution >= 0.6 is 0 Å². The lowest BCUT2D eigenvalue weighted by molar-refractivity contribution is -0.112. The van der Waals surface area contributed by atoms with Gasteiger partial charge in [0.1, 0.15) is 12.9 Å². The van der Waals surface area contributed by atoms with Crippen LogP contribution in [0.3, 0.4) is 0 Å². The smallest absolute Gasteiger partial charge is 0.409 e. The number of benzene rings is 1. The lowest BCUT2D eigenvalue weighted by Gasteiger charge is -2.27. The molecule has 120 valence electrons. The predicted molar refractivity (Wildman–Crippen MR) is 85.4 cm³/mol. The first-order chi connectivity index (χ1) is 10.7. The van der Waals surface area contributed by atoms with Crippen LogP contribution in [0.5, 0.6) is 0 Å². The van der Waals surface area contributed by atoms with E-state index >= 15 is 0 Å². The van der Waals surface area contributed by atoms with Crippen molar-refractivity contribution in [3.63, 3.8) is 0 Å². The van der Waals surface area contributed by atoms with Gasteiger partial charge in [0.15, 0.2) is 0 Å². The number of aldehydes is 1. The van der Waals surface area contributed by atoms with Crippen molar-refractivity contribution < 1.29 is 14.3 Å². The van der Waals surface area contributed by atoms with Gasteiger partial charge < -0.3 is 14.4 Å². The molecule has 0 N–H and O–H groups in total. The molecule has 1 saturated carbocycles. The molecule has 0 atom stereocenters. The summed E-state index contributed by atoms with van der Waals surface area (Å²) in [5, 5.41) is 0. The molecule has 0 radical (unpaired) electrons. The fourth-order valence-corrected chi connectivity index (χ4v) is 2.91. The van der Waals surface area contributed by atoms with E-state index in [1.54, 1.807) is 11.9 Å². The van der Waals surface area contributed by atoms with Crippen LogP contribution in [-0.2, 0) is 16.1 Å². The SMILES string of the molecule is CN(CCC1CCC(C=O)CC1)C(=O)OCc1ccccc1. The maximum absolute atomic E-state index is 11.9. The van der Waals surface area contributed by atoms with E-state index < -0.39 is 0 Å². The number of hydrogen-bond donors (Lipinski definition) is 0. The average Bonchev–Trinajstić information content (AvgIpc) is 2.58. The monoisotopic (exact) mass is 303 g/mol. The van der Waals surface area contributed by atoms with Crippen LogP contribution in [0.4, 0.5) is 4.79 Å². The molecule has 1 aromatic rings. The molecule has 1 amide bonds. The summed E-state index contributed by atoms with van der Waals surface area (Å²) in [5.74, 6) is 0.880. The highest BCUT2D eigenvalue weighted by Gasteiger charge is 2.21. The molecule has 0 saturated heterocycles. The summed E-state index contributed by atoms with van der Waals surface area (Å²) < 4.78 is 5.30. The fraction of sp³-hybridized carbons (Fsp3) is 0.556. The van der Waals surface area contributed by atoms with Gasteiger partial charge in [0, 0.05) is 19.5 Å². The molecule has 0 aromatic heterocycles. The fourth-order valence-electron chi connectivity index (χ4n) is 2.91. The number of hydrogen-bond acceptors (Lipinski definition) is 3. The van der Waals surface area contributed by atoms with E-state index in [0.717, 1.165) is 44.0 Å². The summed E-state index contributed by atoms with van der Waals surface area (Å²) in [5.41, 5.74) is 0.997. The Labute approximate surface area is 132 Å². The molecule has 0 spiro atoms. The van der Waals surface area contributed by atoms with Crippen LogP contribution in [0.1, 0.15) is 37.7 Å². The van der Waals surface area contributed by atoms with Gasteiger partial charge in [-0.05, 0) is 43.6 Å². The highest BCUT2D eigenvalue weighted by Crippen LogP contribution is 2.29. The number of carbonyl (C=O) groups excluding carboxylic acids is 2. The number of rotatable bonds is 6. The standard InChI is InChI=1S/C18H25NO3/c1-19(12-11-15-7-9-16(13-20)10-8-15)18(21)22-14-17-5-3-2-4-6-17/h2-6,13,15-16H,7-12,14H2,1H3. The molecule has 0 aliphatic heterocycles. The third-order valence-corrected chi connectivity index (χ3v) is 4.47. The van der Waals surface area contributed by atoms with E-state index in [2.05, 4.69) is 0 Å².